The molecule has 29 heavy (non-hydrogen) atoms. The lowest BCUT2D eigenvalue weighted by atomic mass is 10.2. The molecule has 1 heterocycles. The van der Waals surface area contributed by atoms with E-state index in [4.69, 9.17) is 42.2 Å². The lowest BCUT2D eigenvalue weighted by Gasteiger charge is -2.14. The summed E-state index contributed by atoms with van der Waals surface area (Å²) in [4.78, 5) is 23.2. The molecule has 1 N–H and O–H groups in total. The number of benzene rings is 2. The second-order valence-corrected chi connectivity index (χ2v) is 6.45. The Morgan fingerprint density at radius 1 is 1.14 bits per heavy atom. The highest BCUT2D eigenvalue weighted by Gasteiger charge is 2.40. The van der Waals surface area contributed by atoms with Crippen molar-refractivity contribution < 1.29 is 37.0 Å². The van der Waals surface area contributed by atoms with Gasteiger partial charge in [-0.05, 0) is 30.3 Å². The number of fused-ring (bicyclic) bond motifs is 1. The Morgan fingerprint density at radius 3 is 2.48 bits per heavy atom. The van der Waals surface area contributed by atoms with Gasteiger partial charge in [-0.25, -0.2) is 4.79 Å². The highest BCUT2D eigenvalue weighted by atomic mass is 35.5. The first kappa shape index (κ1) is 20.8. The summed E-state index contributed by atoms with van der Waals surface area (Å²) in [6.07, 6.45) is -5.07. The molecule has 0 saturated heterocycles. The summed E-state index contributed by atoms with van der Waals surface area (Å²) >= 11 is 11.7. The standard InChI is InChI=1S/C18H9Cl2F3O6/c19-8-1-4-12(11(20)5-8)28-16-15(26)10-3-2-9(27-7-14(24)25)6-13(10)29-17(16)18(21,22)23/h1-6H,7H2,(H,24,25). The number of halogens is 5. The van der Waals surface area contributed by atoms with Gasteiger partial charge in [-0.1, -0.05) is 23.2 Å². The van der Waals surface area contributed by atoms with Crippen LogP contribution in [0.3, 0.4) is 0 Å². The van der Waals surface area contributed by atoms with Crippen LogP contribution in [0.2, 0.25) is 10.0 Å². The zero-order chi connectivity index (χ0) is 21.3. The Balaban J connectivity index is 2.15. The topological polar surface area (TPSA) is 86.0 Å². The number of carboxylic acids is 1. The first-order valence-electron chi connectivity index (χ1n) is 7.72. The van der Waals surface area contributed by atoms with Gasteiger partial charge in [0, 0.05) is 11.1 Å². The zero-order valence-corrected chi connectivity index (χ0v) is 15.6. The summed E-state index contributed by atoms with van der Waals surface area (Å²) in [5.74, 6) is -4.39. The maximum Gasteiger partial charge on any atom is 0.453 e. The molecule has 0 aliphatic rings. The monoisotopic (exact) mass is 448 g/mol. The molecule has 2 aromatic carbocycles. The van der Waals surface area contributed by atoms with Gasteiger partial charge in [0.25, 0.3) is 5.76 Å². The summed E-state index contributed by atoms with van der Waals surface area (Å²) in [7, 11) is 0. The van der Waals surface area contributed by atoms with Crippen molar-refractivity contribution in [3.8, 4) is 17.2 Å². The number of hydrogen-bond donors (Lipinski definition) is 1. The average molecular weight is 449 g/mol. The largest absolute Gasteiger partial charge is 0.482 e. The van der Waals surface area contributed by atoms with Crippen molar-refractivity contribution in [1.82, 2.24) is 0 Å². The first-order chi connectivity index (χ1) is 13.6. The molecule has 0 aliphatic carbocycles. The van der Waals surface area contributed by atoms with Crippen LogP contribution in [0.15, 0.2) is 45.6 Å². The van der Waals surface area contributed by atoms with E-state index in [2.05, 4.69) is 0 Å². The van der Waals surface area contributed by atoms with E-state index in [1.807, 2.05) is 0 Å². The number of carbonyl (C=O) groups is 1. The minimum absolute atomic E-state index is 0.0920. The SMILES string of the molecule is O=C(O)COc1ccc2c(=O)c(Oc3ccc(Cl)cc3Cl)c(C(F)(F)F)oc2c1. The van der Waals surface area contributed by atoms with E-state index in [1.54, 1.807) is 0 Å². The van der Waals surface area contributed by atoms with Gasteiger partial charge in [-0.3, -0.25) is 4.79 Å². The van der Waals surface area contributed by atoms with Crippen LogP contribution in [0.25, 0.3) is 11.0 Å². The molecule has 0 bridgehead atoms. The fraction of sp³-hybridized carbons (Fsp3) is 0.111. The molecule has 0 amide bonds. The number of alkyl halides is 3. The van der Waals surface area contributed by atoms with Crippen molar-refractivity contribution >= 4 is 40.1 Å². The van der Waals surface area contributed by atoms with Crippen LogP contribution in [0.5, 0.6) is 17.2 Å². The van der Waals surface area contributed by atoms with Crippen molar-refractivity contribution in [2.45, 2.75) is 6.18 Å². The molecule has 0 saturated carbocycles. The highest BCUT2D eigenvalue weighted by Crippen LogP contribution is 2.40. The van der Waals surface area contributed by atoms with E-state index in [-0.39, 0.29) is 26.9 Å². The molecule has 0 aliphatic heterocycles. The number of rotatable bonds is 5. The first-order valence-corrected chi connectivity index (χ1v) is 8.47. The van der Waals surface area contributed by atoms with Crippen LogP contribution in [-0.2, 0) is 11.0 Å². The third-order valence-electron chi connectivity index (χ3n) is 3.55. The van der Waals surface area contributed by atoms with Crippen LogP contribution in [0.1, 0.15) is 5.76 Å². The lowest BCUT2D eigenvalue weighted by molar-refractivity contribution is -0.154. The van der Waals surface area contributed by atoms with Crippen molar-refractivity contribution in [2.24, 2.45) is 0 Å². The number of ether oxygens (including phenoxy) is 2. The van der Waals surface area contributed by atoms with Gasteiger partial charge < -0.3 is 19.0 Å². The molecule has 152 valence electrons. The van der Waals surface area contributed by atoms with E-state index in [0.29, 0.717) is 0 Å². The van der Waals surface area contributed by atoms with Crippen molar-refractivity contribution in [2.75, 3.05) is 6.61 Å². The molecule has 1 aromatic heterocycles. The van der Waals surface area contributed by atoms with Gasteiger partial charge in [-0.2, -0.15) is 13.2 Å². The Morgan fingerprint density at radius 2 is 1.86 bits per heavy atom. The third kappa shape index (κ3) is 4.57. The number of aliphatic carboxylic acids is 1. The van der Waals surface area contributed by atoms with Gasteiger partial charge in [0.05, 0.1) is 10.4 Å². The molecule has 0 radical (unpaired) electrons. The number of carboxylic acid groups (broad SMARTS) is 1. The summed E-state index contributed by atoms with van der Waals surface area (Å²) in [5.41, 5.74) is -1.56. The van der Waals surface area contributed by atoms with E-state index in [9.17, 15) is 22.8 Å². The van der Waals surface area contributed by atoms with E-state index in [0.717, 1.165) is 12.1 Å². The van der Waals surface area contributed by atoms with Crippen LogP contribution in [0.4, 0.5) is 13.2 Å². The maximum absolute atomic E-state index is 13.5. The number of hydrogen-bond acceptors (Lipinski definition) is 5. The van der Waals surface area contributed by atoms with Gasteiger partial charge >= 0.3 is 12.1 Å². The van der Waals surface area contributed by atoms with Gasteiger partial charge in [-0.15, -0.1) is 0 Å². The molecule has 0 atom stereocenters. The zero-order valence-electron chi connectivity index (χ0n) is 14.0. The summed E-state index contributed by atoms with van der Waals surface area (Å²) in [6.45, 7) is -0.724. The van der Waals surface area contributed by atoms with Crippen LogP contribution in [0, 0.1) is 0 Å². The molecular weight excluding hydrogens is 440 g/mol. The Kier molecular flexibility index (Phi) is 5.63. The fourth-order valence-electron chi connectivity index (χ4n) is 2.34. The minimum atomic E-state index is -5.07. The van der Waals surface area contributed by atoms with Crippen molar-refractivity contribution in [1.29, 1.82) is 0 Å². The van der Waals surface area contributed by atoms with E-state index < -0.39 is 41.3 Å². The fourth-order valence-corrected chi connectivity index (χ4v) is 2.79. The minimum Gasteiger partial charge on any atom is -0.482 e. The van der Waals surface area contributed by atoms with Crippen LogP contribution < -0.4 is 14.9 Å². The second-order valence-electron chi connectivity index (χ2n) is 5.60. The molecule has 0 spiro atoms. The lowest BCUT2D eigenvalue weighted by Crippen LogP contribution is -2.15. The summed E-state index contributed by atoms with van der Waals surface area (Å²) in [6, 6.07) is 7.10. The Labute approximate surface area is 170 Å². The van der Waals surface area contributed by atoms with E-state index >= 15 is 0 Å². The third-order valence-corrected chi connectivity index (χ3v) is 4.08. The van der Waals surface area contributed by atoms with Gasteiger partial charge in [0.15, 0.2) is 6.61 Å². The highest BCUT2D eigenvalue weighted by molar-refractivity contribution is 6.35. The summed E-state index contributed by atoms with van der Waals surface area (Å²) < 4.78 is 55.4. The van der Waals surface area contributed by atoms with Gasteiger partial charge in [0.1, 0.15) is 17.1 Å². The smallest absolute Gasteiger partial charge is 0.453 e. The van der Waals surface area contributed by atoms with E-state index in [1.165, 1.54) is 24.3 Å². The predicted molar refractivity (Wildman–Crippen MR) is 97.2 cm³/mol. The molecule has 0 fully saturated rings. The second kappa shape index (κ2) is 7.84. The van der Waals surface area contributed by atoms with Crippen LogP contribution in [-0.4, -0.2) is 17.7 Å². The molecule has 6 nitrogen and oxygen atoms in total. The molecule has 3 aromatic rings. The predicted octanol–water partition coefficient (Wildman–Crippen LogP) is 5.37. The Hall–Kier alpha value is -2.91. The normalized spacial score (nSPS) is 11.5. The molecule has 11 heteroatoms. The molecular formula is C18H9Cl2F3O6. The Bertz CT molecular complexity index is 1160. The van der Waals surface area contributed by atoms with Crippen molar-refractivity contribution in [3.63, 3.8) is 0 Å². The average Bonchev–Trinajstić information content (AvgIpc) is 2.63. The maximum atomic E-state index is 13.5. The van der Waals surface area contributed by atoms with Crippen LogP contribution >= 0.6 is 23.2 Å². The summed E-state index contributed by atoms with van der Waals surface area (Å²) in [5, 5.41) is 8.49. The van der Waals surface area contributed by atoms with Crippen molar-refractivity contribution in [3.05, 3.63) is 62.4 Å². The quantitative estimate of drug-likeness (QED) is 0.564. The van der Waals surface area contributed by atoms with Gasteiger partial charge in [0.2, 0.25) is 11.2 Å². The molecule has 0 unspecified atom stereocenters. The molecule has 3 rings (SSSR count).